The Bertz CT molecular complexity index is 18.4. The van der Waals surface area contributed by atoms with E-state index >= 15 is 0 Å². The Labute approximate surface area is 128 Å². The van der Waals surface area contributed by atoms with Crippen molar-refractivity contribution in [2.75, 3.05) is 0 Å². The van der Waals surface area contributed by atoms with E-state index in [1.54, 1.807) is 0 Å². The Balaban J connectivity index is 0. The van der Waals surface area contributed by atoms with Crippen molar-refractivity contribution in [3.63, 3.8) is 0 Å². The molecular formula is O7PdPtSnZr. The van der Waals surface area contributed by atoms with Gasteiger partial charge < -0.3 is 38.3 Å². The first-order valence-electron chi connectivity index (χ1n) is 0. The standard InChI is InChI=1S/7O.Pd.Pt.Sn.Zr/q7*-2;+2;3*+4. The van der Waals surface area contributed by atoms with Crippen molar-refractivity contribution in [1.29, 1.82) is 0 Å². The number of rotatable bonds is 0. The second kappa shape index (κ2) is 232. The van der Waals surface area contributed by atoms with Crippen molar-refractivity contribution in [3.8, 4) is 0 Å². The summed E-state index contributed by atoms with van der Waals surface area (Å²) in [5, 5.41) is 0. The zero-order valence-corrected chi connectivity index (χ0v) is 13.6. The van der Waals surface area contributed by atoms with Gasteiger partial charge in [0.1, 0.15) is 0 Å². The molecule has 0 N–H and O–H groups in total. The van der Waals surface area contributed by atoms with Gasteiger partial charge >= 0.3 is 91.6 Å². The Hall–Kier alpha value is 2.75. The van der Waals surface area contributed by atoms with Gasteiger partial charge in [-0.2, -0.15) is 0 Å². The second-order valence-electron chi connectivity index (χ2n) is 0. The summed E-state index contributed by atoms with van der Waals surface area (Å²) in [5.74, 6) is 0. The van der Waals surface area contributed by atoms with Crippen molar-refractivity contribution >= 4 is 23.9 Å². The van der Waals surface area contributed by atoms with Crippen LogP contribution in [0.1, 0.15) is 0 Å². The summed E-state index contributed by atoms with van der Waals surface area (Å²) in [6.07, 6.45) is 0. The molecule has 0 aliphatic carbocycles. The molecule has 0 aromatic heterocycles. The van der Waals surface area contributed by atoms with Gasteiger partial charge in [0, 0.05) is 0 Å². The molecule has 0 saturated carbocycles. The third kappa shape index (κ3) is 195. The van der Waals surface area contributed by atoms with Gasteiger partial charge in [-0.3, -0.25) is 0 Å². The minimum Gasteiger partial charge on any atom is -2.00 e. The van der Waals surface area contributed by atoms with Crippen LogP contribution in [-0.2, 0) is 106 Å². The Morgan fingerprint density at radius 1 is 0.455 bits per heavy atom. The molecule has 0 amide bonds. The first-order chi connectivity index (χ1) is 0. The zero-order valence-electron chi connectivity index (χ0n) is 4.49. The van der Waals surface area contributed by atoms with E-state index in [9.17, 15) is 0 Å². The third-order valence-electron chi connectivity index (χ3n) is 0. The number of hydrogen-bond acceptors (Lipinski definition) is 0. The molecule has 0 radical (unpaired) electrons. The van der Waals surface area contributed by atoms with E-state index in [1.165, 1.54) is 0 Å². The predicted molar refractivity (Wildman–Crippen MR) is 10.6 cm³/mol. The molecular weight excluding hydrogens is 623 g/mol. The molecule has 0 bridgehead atoms. The quantitative estimate of drug-likeness (QED) is 0.292. The van der Waals surface area contributed by atoms with Crippen LogP contribution in [-0.4, -0.2) is 23.9 Å². The van der Waals surface area contributed by atoms with E-state index in [2.05, 4.69) is 0 Å². The molecule has 0 aromatic carbocycles. The average Bonchev–Trinajstić information content (AvgIpc) is 0. The largest absolute Gasteiger partial charge is 4.00 e. The molecule has 0 aliphatic rings. The fourth-order valence-corrected chi connectivity index (χ4v) is 0. The molecule has 70 valence electrons. The smallest absolute Gasteiger partial charge is 2.00 e. The molecule has 11 heteroatoms. The maximum Gasteiger partial charge on any atom is 4.00 e. The fraction of sp³-hybridized carbons (Fsp3) is 0. The van der Waals surface area contributed by atoms with Crippen molar-refractivity contribution in [1.82, 2.24) is 0 Å². The Morgan fingerprint density at radius 3 is 0.455 bits per heavy atom. The minimum atomic E-state index is 0. The predicted octanol–water partition coefficient (Wildman–Crippen LogP) is -1.22. The Kier molecular flexibility index (Phi) is 6240. The first-order valence-corrected chi connectivity index (χ1v) is 0. The maximum absolute atomic E-state index is 0. The van der Waals surface area contributed by atoms with E-state index in [0.717, 1.165) is 0 Å². The zero-order chi connectivity index (χ0) is 0. The second-order valence-corrected chi connectivity index (χ2v) is 0. The van der Waals surface area contributed by atoms with E-state index < -0.39 is 0 Å². The molecule has 0 rings (SSSR count). The summed E-state index contributed by atoms with van der Waals surface area (Å²) < 4.78 is 0. The summed E-state index contributed by atoms with van der Waals surface area (Å²) in [5.41, 5.74) is 0. The van der Waals surface area contributed by atoms with Crippen LogP contribution in [0.2, 0.25) is 0 Å². The van der Waals surface area contributed by atoms with Crippen molar-refractivity contribution < 1.29 is 106 Å². The summed E-state index contributed by atoms with van der Waals surface area (Å²) in [7, 11) is 0. The molecule has 0 heterocycles. The van der Waals surface area contributed by atoms with E-state index in [4.69, 9.17) is 0 Å². The van der Waals surface area contributed by atoms with Gasteiger partial charge in [-0.15, -0.1) is 0 Å². The van der Waals surface area contributed by atoms with Crippen LogP contribution in [0.5, 0.6) is 0 Å². The van der Waals surface area contributed by atoms with Crippen LogP contribution in [0.4, 0.5) is 0 Å². The summed E-state index contributed by atoms with van der Waals surface area (Å²) in [4.78, 5) is 0. The van der Waals surface area contributed by atoms with Gasteiger partial charge in [0.05, 0.1) is 0 Å². The molecule has 0 spiro atoms. The van der Waals surface area contributed by atoms with Crippen molar-refractivity contribution in [3.05, 3.63) is 0 Å². The maximum atomic E-state index is 0. The van der Waals surface area contributed by atoms with Crippen LogP contribution >= 0.6 is 0 Å². The Morgan fingerprint density at radius 2 is 0.455 bits per heavy atom. The first kappa shape index (κ1) is 295. The van der Waals surface area contributed by atoms with Crippen LogP contribution in [0, 0.1) is 0 Å². The van der Waals surface area contributed by atoms with Gasteiger partial charge in [-0.25, -0.2) is 0 Å². The molecule has 11 heavy (non-hydrogen) atoms. The van der Waals surface area contributed by atoms with Crippen LogP contribution in [0.15, 0.2) is 0 Å². The van der Waals surface area contributed by atoms with Gasteiger partial charge in [0.2, 0.25) is 0 Å². The van der Waals surface area contributed by atoms with Crippen LogP contribution < -0.4 is 0 Å². The third-order valence-corrected chi connectivity index (χ3v) is 0. The molecule has 0 aromatic rings. The van der Waals surface area contributed by atoms with Gasteiger partial charge in [-0.05, 0) is 0 Å². The van der Waals surface area contributed by atoms with Crippen molar-refractivity contribution in [2.24, 2.45) is 0 Å². The molecule has 0 aliphatic heterocycles. The SMILES string of the molecule is [O-2].[O-2].[O-2].[O-2].[O-2].[O-2].[O-2].[Pd+2].[Pt+4].[Sn+4].[Zr+4]. The number of hydrogen-bond donors (Lipinski definition) is 0. The molecule has 7 nitrogen and oxygen atoms in total. The summed E-state index contributed by atoms with van der Waals surface area (Å²) in [6, 6.07) is 0. The van der Waals surface area contributed by atoms with E-state index in [0.29, 0.717) is 0 Å². The summed E-state index contributed by atoms with van der Waals surface area (Å²) in [6.45, 7) is 0. The molecule has 0 atom stereocenters. The minimum absolute atomic E-state index is 0. The van der Waals surface area contributed by atoms with E-state index in [-0.39, 0.29) is 130 Å². The van der Waals surface area contributed by atoms with Gasteiger partial charge in [0.25, 0.3) is 0 Å². The van der Waals surface area contributed by atoms with E-state index in [1.807, 2.05) is 0 Å². The average molecular weight is 623 g/mol. The van der Waals surface area contributed by atoms with Crippen LogP contribution in [0.25, 0.3) is 0 Å². The van der Waals surface area contributed by atoms with Crippen molar-refractivity contribution in [2.45, 2.75) is 0 Å². The normalized spacial score (nSPS) is 0. The summed E-state index contributed by atoms with van der Waals surface area (Å²) >= 11 is 0. The molecule has 0 unspecified atom stereocenters. The monoisotopic (exact) mass is 623 g/mol. The molecule has 0 saturated heterocycles. The van der Waals surface area contributed by atoms with Gasteiger partial charge in [-0.1, -0.05) is 0 Å². The topological polar surface area (TPSA) is 200 Å². The van der Waals surface area contributed by atoms with Gasteiger partial charge in [0.15, 0.2) is 0 Å². The van der Waals surface area contributed by atoms with Crippen LogP contribution in [0.3, 0.4) is 0 Å². The fourth-order valence-electron chi connectivity index (χ4n) is 0. The molecule has 0 fully saturated rings.